The number of hydrogen-bond acceptors (Lipinski definition) is 4. The standard InChI is InChI=1S/C15H13N3O/c19-13-5-4-11-10-17-8-6-12-3-1-2-7-18(12)15(17)16-14(11)9-13/h1-6,8-10,15,19H,7H2. The van der Waals surface area contributed by atoms with E-state index in [1.807, 2.05) is 12.3 Å². The van der Waals surface area contributed by atoms with Gasteiger partial charge in [-0.3, -0.25) is 0 Å². The Morgan fingerprint density at radius 3 is 3.21 bits per heavy atom. The van der Waals surface area contributed by atoms with Crippen LogP contribution in [0.5, 0.6) is 5.75 Å². The molecule has 1 atom stereocenters. The highest BCUT2D eigenvalue weighted by molar-refractivity contribution is 5.37. The van der Waals surface area contributed by atoms with E-state index in [1.54, 1.807) is 12.1 Å². The second kappa shape index (κ2) is 3.75. The van der Waals surface area contributed by atoms with Crippen molar-refractivity contribution in [3.8, 4) is 5.75 Å². The van der Waals surface area contributed by atoms with Crippen LogP contribution in [0.25, 0.3) is 6.20 Å². The molecule has 3 heterocycles. The third-order valence-electron chi connectivity index (χ3n) is 3.56. The summed E-state index contributed by atoms with van der Waals surface area (Å²) < 4.78 is 0. The third kappa shape index (κ3) is 1.57. The first kappa shape index (κ1) is 10.4. The van der Waals surface area contributed by atoms with Crippen molar-refractivity contribution in [2.75, 3.05) is 6.54 Å². The van der Waals surface area contributed by atoms with E-state index in [-0.39, 0.29) is 12.0 Å². The van der Waals surface area contributed by atoms with Crippen LogP contribution in [0, 0.1) is 0 Å². The van der Waals surface area contributed by atoms with Gasteiger partial charge < -0.3 is 14.9 Å². The molecule has 0 amide bonds. The van der Waals surface area contributed by atoms with E-state index >= 15 is 0 Å². The molecule has 19 heavy (non-hydrogen) atoms. The van der Waals surface area contributed by atoms with Crippen LogP contribution in [0.3, 0.4) is 0 Å². The van der Waals surface area contributed by atoms with Gasteiger partial charge in [0.25, 0.3) is 0 Å². The second-order valence-corrected chi connectivity index (χ2v) is 4.78. The molecule has 1 N–H and O–H groups in total. The molecule has 0 fully saturated rings. The number of benzene rings is 1. The molecule has 0 radical (unpaired) electrons. The average Bonchev–Trinajstić information content (AvgIpc) is 2.45. The van der Waals surface area contributed by atoms with Crippen LogP contribution < -0.4 is 10.6 Å². The lowest BCUT2D eigenvalue weighted by molar-refractivity contribution is 0.161. The Bertz CT molecular complexity index is 745. The van der Waals surface area contributed by atoms with Gasteiger partial charge in [0.05, 0.1) is 5.36 Å². The van der Waals surface area contributed by atoms with Gasteiger partial charge in [0.1, 0.15) is 5.75 Å². The minimum atomic E-state index is -0.0597. The fourth-order valence-electron chi connectivity index (χ4n) is 2.61. The molecule has 0 aromatic heterocycles. The summed E-state index contributed by atoms with van der Waals surface area (Å²) in [6.45, 7) is 0.850. The van der Waals surface area contributed by atoms with Crippen LogP contribution in [0.4, 0.5) is 0 Å². The molecule has 94 valence electrons. The van der Waals surface area contributed by atoms with Crippen molar-refractivity contribution < 1.29 is 5.11 Å². The number of phenols is 1. The van der Waals surface area contributed by atoms with Crippen LogP contribution in [0.1, 0.15) is 0 Å². The molecule has 3 aliphatic rings. The monoisotopic (exact) mass is 251 g/mol. The van der Waals surface area contributed by atoms with Crippen LogP contribution >= 0.6 is 0 Å². The predicted molar refractivity (Wildman–Crippen MR) is 72.0 cm³/mol. The van der Waals surface area contributed by atoms with Gasteiger partial charge in [-0.2, -0.15) is 0 Å². The number of phenolic OH excluding ortho intramolecular Hbond substituents is 1. The number of hydrogen-bond donors (Lipinski definition) is 1. The Kier molecular flexibility index (Phi) is 2.06. The van der Waals surface area contributed by atoms with Crippen LogP contribution in [-0.2, 0) is 0 Å². The van der Waals surface area contributed by atoms with Crippen molar-refractivity contribution in [2.45, 2.75) is 6.29 Å². The maximum atomic E-state index is 9.58. The van der Waals surface area contributed by atoms with Gasteiger partial charge in [-0.05, 0) is 24.3 Å². The highest BCUT2D eigenvalue weighted by atomic mass is 16.3. The summed E-state index contributed by atoms with van der Waals surface area (Å²) in [6.07, 6.45) is 12.4. The molecule has 4 nitrogen and oxygen atoms in total. The van der Waals surface area contributed by atoms with Crippen molar-refractivity contribution >= 4 is 6.20 Å². The molecule has 0 saturated heterocycles. The predicted octanol–water partition coefficient (Wildman–Crippen LogP) is 0.632. The minimum Gasteiger partial charge on any atom is -0.508 e. The lowest BCUT2D eigenvalue weighted by Crippen LogP contribution is -2.50. The second-order valence-electron chi connectivity index (χ2n) is 4.78. The summed E-state index contributed by atoms with van der Waals surface area (Å²) in [4.78, 5) is 9.07. The van der Waals surface area contributed by atoms with Gasteiger partial charge in [-0.25, -0.2) is 4.99 Å². The first-order valence-electron chi connectivity index (χ1n) is 6.29. The summed E-state index contributed by atoms with van der Waals surface area (Å²) in [6, 6.07) is 5.29. The first-order chi connectivity index (χ1) is 9.31. The smallest absolute Gasteiger partial charge is 0.203 e. The summed E-state index contributed by atoms with van der Waals surface area (Å²) in [5.41, 5.74) is 1.17. The topological polar surface area (TPSA) is 39.1 Å². The molecular formula is C15H13N3O. The first-order valence-corrected chi connectivity index (χ1v) is 6.29. The van der Waals surface area contributed by atoms with Crippen molar-refractivity contribution in [2.24, 2.45) is 4.99 Å². The SMILES string of the molecule is Oc1ccc2c(c1)=NC1N(C=CC3=CC=CCN31)C=2. The van der Waals surface area contributed by atoms with E-state index in [4.69, 9.17) is 4.99 Å². The van der Waals surface area contributed by atoms with Crippen molar-refractivity contribution in [1.29, 1.82) is 0 Å². The fourth-order valence-corrected chi connectivity index (χ4v) is 2.61. The van der Waals surface area contributed by atoms with Gasteiger partial charge >= 0.3 is 0 Å². The number of nitrogens with zero attached hydrogens (tertiary/aromatic N) is 3. The molecule has 0 saturated carbocycles. The molecule has 1 aromatic carbocycles. The van der Waals surface area contributed by atoms with Crippen molar-refractivity contribution in [3.05, 3.63) is 65.0 Å². The van der Waals surface area contributed by atoms with Gasteiger partial charge in [0.15, 0.2) is 0 Å². The molecule has 1 aromatic rings. The number of allylic oxidation sites excluding steroid dienone is 3. The molecular weight excluding hydrogens is 238 g/mol. The van der Waals surface area contributed by atoms with E-state index in [0.29, 0.717) is 0 Å². The van der Waals surface area contributed by atoms with Crippen LogP contribution in [0.15, 0.2) is 59.4 Å². The van der Waals surface area contributed by atoms with E-state index in [2.05, 4.69) is 40.3 Å². The van der Waals surface area contributed by atoms with Gasteiger partial charge in [-0.1, -0.05) is 12.2 Å². The van der Waals surface area contributed by atoms with Gasteiger partial charge in [0.2, 0.25) is 6.29 Å². The van der Waals surface area contributed by atoms with E-state index in [0.717, 1.165) is 17.1 Å². The Morgan fingerprint density at radius 1 is 1.32 bits per heavy atom. The zero-order valence-corrected chi connectivity index (χ0v) is 10.3. The molecule has 3 aliphatic heterocycles. The van der Waals surface area contributed by atoms with Crippen LogP contribution in [0.2, 0.25) is 0 Å². The van der Waals surface area contributed by atoms with Gasteiger partial charge in [0, 0.05) is 35.9 Å². The number of fused-ring (bicyclic) bond motifs is 4. The molecule has 4 rings (SSSR count). The Hall–Kier alpha value is -2.49. The largest absolute Gasteiger partial charge is 0.508 e. The highest BCUT2D eigenvalue weighted by Crippen LogP contribution is 2.24. The molecule has 0 bridgehead atoms. The summed E-state index contributed by atoms with van der Waals surface area (Å²) in [5, 5.41) is 11.4. The molecule has 0 spiro atoms. The van der Waals surface area contributed by atoms with E-state index < -0.39 is 0 Å². The molecule has 0 aliphatic carbocycles. The number of aromatic hydroxyl groups is 1. The zero-order chi connectivity index (χ0) is 12.8. The molecule has 1 unspecified atom stereocenters. The third-order valence-corrected chi connectivity index (χ3v) is 3.56. The Balaban J connectivity index is 1.89. The summed E-state index contributed by atoms with van der Waals surface area (Å²) >= 11 is 0. The fraction of sp³-hybridized carbons (Fsp3) is 0.133. The zero-order valence-electron chi connectivity index (χ0n) is 10.3. The average molecular weight is 251 g/mol. The lowest BCUT2D eigenvalue weighted by atomic mass is 10.2. The Labute approximate surface area is 110 Å². The van der Waals surface area contributed by atoms with Crippen molar-refractivity contribution in [3.63, 3.8) is 0 Å². The molecule has 4 heteroatoms. The number of rotatable bonds is 0. The summed E-state index contributed by atoms with van der Waals surface area (Å²) in [7, 11) is 0. The Morgan fingerprint density at radius 2 is 2.26 bits per heavy atom. The van der Waals surface area contributed by atoms with Gasteiger partial charge in [-0.15, -0.1) is 0 Å². The minimum absolute atomic E-state index is 0.0597. The van der Waals surface area contributed by atoms with E-state index in [9.17, 15) is 5.11 Å². The lowest BCUT2D eigenvalue weighted by Gasteiger charge is -2.41. The summed E-state index contributed by atoms with van der Waals surface area (Å²) in [5.74, 6) is 0.255. The highest BCUT2D eigenvalue weighted by Gasteiger charge is 2.27. The van der Waals surface area contributed by atoms with Crippen molar-refractivity contribution in [1.82, 2.24) is 9.80 Å². The maximum absolute atomic E-state index is 9.58. The normalized spacial score (nSPS) is 22.7. The van der Waals surface area contributed by atoms with E-state index in [1.165, 1.54) is 5.70 Å². The maximum Gasteiger partial charge on any atom is 0.203 e. The quantitative estimate of drug-likeness (QED) is 0.735. The van der Waals surface area contributed by atoms with Crippen LogP contribution in [-0.4, -0.2) is 27.7 Å².